The van der Waals surface area contributed by atoms with Gasteiger partial charge in [0.15, 0.2) is 0 Å². The molecule has 0 amide bonds. The van der Waals surface area contributed by atoms with Crippen LogP contribution in [0.5, 0.6) is 5.75 Å². The molecule has 1 N–H and O–H groups in total. The minimum Gasteiger partial charge on any atom is -0.487 e. The summed E-state index contributed by atoms with van der Waals surface area (Å²) >= 11 is 0. The van der Waals surface area contributed by atoms with Crippen molar-refractivity contribution in [3.8, 4) is 16.9 Å². The van der Waals surface area contributed by atoms with Gasteiger partial charge in [-0.25, -0.2) is 23.1 Å². The zero-order valence-corrected chi connectivity index (χ0v) is 20.1. The van der Waals surface area contributed by atoms with E-state index in [1.54, 1.807) is 24.7 Å². The minimum absolute atomic E-state index is 0.0919. The van der Waals surface area contributed by atoms with Gasteiger partial charge in [-0.3, -0.25) is 4.68 Å². The van der Waals surface area contributed by atoms with Gasteiger partial charge in [-0.2, -0.15) is 5.10 Å². The van der Waals surface area contributed by atoms with E-state index in [4.69, 9.17) is 9.47 Å². The molecular formula is C26H26F3N5O2. The molecule has 2 aromatic heterocycles. The third kappa shape index (κ3) is 4.73. The summed E-state index contributed by atoms with van der Waals surface area (Å²) in [4.78, 5) is 9.15. The molecule has 0 saturated carbocycles. The number of rotatable bonds is 7. The topological polar surface area (TPSA) is 74.1 Å². The lowest BCUT2D eigenvalue weighted by atomic mass is 10.0. The summed E-state index contributed by atoms with van der Waals surface area (Å²) < 4.78 is 54.8. The van der Waals surface area contributed by atoms with Gasteiger partial charge in [0.25, 0.3) is 6.43 Å². The van der Waals surface area contributed by atoms with E-state index in [-0.39, 0.29) is 11.7 Å². The molecule has 1 aliphatic heterocycles. The number of ether oxygens (including phenoxy) is 2. The summed E-state index contributed by atoms with van der Waals surface area (Å²) in [6.07, 6.45) is 1.44. The van der Waals surface area contributed by atoms with E-state index in [1.807, 2.05) is 25.4 Å². The second-order valence-electron chi connectivity index (χ2n) is 8.91. The van der Waals surface area contributed by atoms with Crippen LogP contribution in [0.1, 0.15) is 42.8 Å². The molecule has 2 atom stereocenters. The highest BCUT2D eigenvalue weighted by atomic mass is 19.3. The van der Waals surface area contributed by atoms with Crippen LogP contribution in [0.3, 0.4) is 0 Å². The third-order valence-corrected chi connectivity index (χ3v) is 6.22. The van der Waals surface area contributed by atoms with E-state index in [9.17, 15) is 13.2 Å². The number of anilines is 1. The van der Waals surface area contributed by atoms with Crippen molar-refractivity contribution >= 4 is 16.7 Å². The highest BCUT2D eigenvalue weighted by Gasteiger charge is 2.23. The molecule has 0 bridgehead atoms. The zero-order chi connectivity index (χ0) is 25.4. The Balaban J connectivity index is 1.58. The van der Waals surface area contributed by atoms with Gasteiger partial charge in [0, 0.05) is 41.7 Å². The summed E-state index contributed by atoms with van der Waals surface area (Å²) in [6, 6.07) is 7.15. The number of aryl methyl sites for hydroxylation is 2. The molecule has 0 aliphatic carbocycles. The first-order valence-electron chi connectivity index (χ1n) is 11.7. The Hall–Kier alpha value is -3.66. The van der Waals surface area contributed by atoms with Gasteiger partial charge in [0.2, 0.25) is 0 Å². The zero-order valence-electron chi connectivity index (χ0n) is 20.1. The minimum atomic E-state index is -2.90. The summed E-state index contributed by atoms with van der Waals surface area (Å²) in [7, 11) is 1.84. The molecular weight excluding hydrogens is 471 g/mol. The highest BCUT2D eigenvalue weighted by molar-refractivity contribution is 5.95. The predicted octanol–water partition coefficient (Wildman–Crippen LogP) is 5.76. The van der Waals surface area contributed by atoms with Crippen molar-refractivity contribution in [2.24, 2.45) is 7.05 Å². The van der Waals surface area contributed by atoms with E-state index in [0.29, 0.717) is 41.5 Å². The second kappa shape index (κ2) is 9.77. The molecule has 2 aromatic carbocycles. The van der Waals surface area contributed by atoms with Crippen molar-refractivity contribution in [2.75, 3.05) is 18.5 Å². The maximum Gasteiger partial charge on any atom is 0.266 e. The molecule has 5 rings (SSSR count). The quantitative estimate of drug-likeness (QED) is 0.350. The van der Waals surface area contributed by atoms with E-state index in [2.05, 4.69) is 20.4 Å². The molecule has 10 heteroatoms. The maximum atomic E-state index is 14.8. The number of aromatic nitrogens is 4. The smallest absolute Gasteiger partial charge is 0.266 e. The van der Waals surface area contributed by atoms with Gasteiger partial charge in [-0.1, -0.05) is 18.2 Å². The monoisotopic (exact) mass is 497 g/mol. The number of nitrogens with one attached hydrogen (secondary N) is 1. The Kier molecular flexibility index (Phi) is 6.53. The Labute approximate surface area is 206 Å². The normalized spacial score (nSPS) is 16.6. The summed E-state index contributed by atoms with van der Waals surface area (Å²) in [5.41, 5.74) is 1.87. The largest absolute Gasteiger partial charge is 0.487 e. The van der Waals surface area contributed by atoms with E-state index < -0.39 is 23.8 Å². The van der Waals surface area contributed by atoms with E-state index in [1.165, 1.54) is 12.1 Å². The van der Waals surface area contributed by atoms with Gasteiger partial charge in [0.05, 0.1) is 36.5 Å². The average Bonchev–Trinajstić information content (AvgIpc) is 3.50. The number of halogens is 3. The van der Waals surface area contributed by atoms with Crippen LogP contribution in [0.25, 0.3) is 22.0 Å². The number of hydrogen-bond acceptors (Lipinski definition) is 6. The molecule has 188 valence electrons. The SMILES string of the molecule is Cc1nc(NC(C)c2cccc(C(F)F)c2F)c2cc(O[C@H]3CCOC3)c(-c3cnn(C)c3)cc2n1. The van der Waals surface area contributed by atoms with Crippen LogP contribution in [-0.4, -0.2) is 39.1 Å². The molecule has 1 fully saturated rings. The molecule has 0 spiro atoms. The highest BCUT2D eigenvalue weighted by Crippen LogP contribution is 2.38. The van der Waals surface area contributed by atoms with Crippen molar-refractivity contribution in [3.63, 3.8) is 0 Å². The molecule has 1 saturated heterocycles. The maximum absolute atomic E-state index is 14.8. The Bertz CT molecular complexity index is 1400. The second-order valence-corrected chi connectivity index (χ2v) is 8.91. The first-order chi connectivity index (χ1) is 17.3. The Morgan fingerprint density at radius 3 is 2.69 bits per heavy atom. The lowest BCUT2D eigenvalue weighted by Gasteiger charge is -2.20. The van der Waals surface area contributed by atoms with Gasteiger partial charge in [0.1, 0.15) is 29.3 Å². The van der Waals surface area contributed by atoms with Crippen LogP contribution in [0.15, 0.2) is 42.7 Å². The fourth-order valence-electron chi connectivity index (χ4n) is 4.40. The molecule has 0 radical (unpaired) electrons. The van der Waals surface area contributed by atoms with Crippen LogP contribution in [-0.2, 0) is 11.8 Å². The van der Waals surface area contributed by atoms with Gasteiger partial charge in [-0.15, -0.1) is 0 Å². The van der Waals surface area contributed by atoms with E-state index >= 15 is 0 Å². The van der Waals surface area contributed by atoms with Crippen molar-refractivity contribution in [1.29, 1.82) is 0 Å². The number of fused-ring (bicyclic) bond motifs is 1. The van der Waals surface area contributed by atoms with Crippen molar-refractivity contribution < 1.29 is 22.6 Å². The van der Waals surface area contributed by atoms with Gasteiger partial charge in [-0.05, 0) is 26.0 Å². The fourth-order valence-corrected chi connectivity index (χ4v) is 4.40. The molecule has 36 heavy (non-hydrogen) atoms. The summed E-state index contributed by atoms with van der Waals surface area (Å²) in [5.74, 6) is 0.665. The number of benzene rings is 2. The first kappa shape index (κ1) is 24.1. The fraction of sp³-hybridized carbons (Fsp3) is 0.346. The van der Waals surface area contributed by atoms with Crippen molar-refractivity contribution in [1.82, 2.24) is 19.7 Å². The lowest BCUT2D eigenvalue weighted by Crippen LogP contribution is -2.16. The Morgan fingerprint density at radius 1 is 1.19 bits per heavy atom. The molecule has 4 aromatic rings. The first-order valence-corrected chi connectivity index (χ1v) is 11.7. The van der Waals surface area contributed by atoms with Gasteiger partial charge >= 0.3 is 0 Å². The van der Waals surface area contributed by atoms with Crippen molar-refractivity contribution in [2.45, 2.75) is 38.8 Å². The number of alkyl halides is 2. The summed E-state index contributed by atoms with van der Waals surface area (Å²) in [6.45, 7) is 4.60. The Morgan fingerprint density at radius 2 is 2.00 bits per heavy atom. The van der Waals surface area contributed by atoms with Crippen LogP contribution >= 0.6 is 0 Å². The number of nitrogens with zero attached hydrogens (tertiary/aromatic N) is 4. The predicted molar refractivity (Wildman–Crippen MR) is 130 cm³/mol. The molecule has 1 unspecified atom stereocenters. The van der Waals surface area contributed by atoms with E-state index in [0.717, 1.165) is 23.6 Å². The molecule has 3 heterocycles. The standard InChI is InChI=1S/C26H26F3N5O2/c1-14(18-5-4-6-19(24(18)27)25(28)29)31-26-21-10-23(36-17-7-8-35-13-17)20(16-11-30-34(3)12-16)9-22(21)32-15(2)33-26/h4-6,9-12,14,17,25H,7-8,13H2,1-3H3,(H,31,32,33)/t14?,17-/m0/s1. The van der Waals surface area contributed by atoms with Crippen LogP contribution < -0.4 is 10.1 Å². The van der Waals surface area contributed by atoms with Crippen LogP contribution in [0.2, 0.25) is 0 Å². The lowest BCUT2D eigenvalue weighted by molar-refractivity contribution is 0.142. The molecule has 1 aliphatic rings. The van der Waals surface area contributed by atoms with Crippen LogP contribution in [0.4, 0.5) is 19.0 Å². The molecule has 7 nitrogen and oxygen atoms in total. The van der Waals surface area contributed by atoms with Gasteiger partial charge < -0.3 is 14.8 Å². The third-order valence-electron chi connectivity index (χ3n) is 6.22. The number of hydrogen-bond donors (Lipinski definition) is 1. The summed E-state index contributed by atoms with van der Waals surface area (Å²) in [5, 5.41) is 8.15. The average molecular weight is 498 g/mol. The van der Waals surface area contributed by atoms with Crippen LogP contribution in [0, 0.1) is 12.7 Å². The van der Waals surface area contributed by atoms with Crippen molar-refractivity contribution in [3.05, 3.63) is 65.5 Å².